The van der Waals surface area contributed by atoms with Gasteiger partial charge in [-0.3, -0.25) is 0 Å². The predicted molar refractivity (Wildman–Crippen MR) is 77.4 cm³/mol. The number of anilines is 1. The smallest absolute Gasteiger partial charge is 0.326 e. The Bertz CT molecular complexity index is 477. The van der Waals surface area contributed by atoms with Crippen molar-refractivity contribution in [1.82, 2.24) is 5.32 Å². The molecule has 3 N–H and O–H groups in total. The molecule has 1 atom stereocenters. The number of benzene rings is 1. The first kappa shape index (κ1) is 15.5. The van der Waals surface area contributed by atoms with E-state index in [1.165, 1.54) is 0 Å². The number of halogens is 1. The number of carbonyl (C=O) groups excluding carboxylic acids is 1. The number of aryl methyl sites for hydroxylation is 1. The van der Waals surface area contributed by atoms with Crippen LogP contribution >= 0.6 is 15.9 Å². The molecule has 2 amide bonds. The van der Waals surface area contributed by atoms with Crippen LogP contribution in [0.25, 0.3) is 0 Å². The molecule has 5 nitrogen and oxygen atoms in total. The molecule has 0 saturated carbocycles. The highest BCUT2D eigenvalue weighted by molar-refractivity contribution is 9.10. The molecule has 0 saturated heterocycles. The normalized spacial score (nSPS) is 11.7. The lowest BCUT2D eigenvalue weighted by atomic mass is 10.2. The molecule has 1 rings (SSSR count). The van der Waals surface area contributed by atoms with Crippen LogP contribution in [0.1, 0.15) is 25.3 Å². The van der Waals surface area contributed by atoms with Crippen LogP contribution < -0.4 is 10.6 Å². The van der Waals surface area contributed by atoms with Gasteiger partial charge in [-0.1, -0.05) is 19.4 Å². The van der Waals surface area contributed by atoms with Gasteiger partial charge in [0.25, 0.3) is 0 Å². The molecular formula is C13H17BrN2O3. The van der Waals surface area contributed by atoms with E-state index in [-0.39, 0.29) is 0 Å². The number of aliphatic carboxylic acids is 1. The van der Waals surface area contributed by atoms with E-state index in [0.29, 0.717) is 18.5 Å². The number of carboxylic acid groups (broad SMARTS) is 1. The molecule has 0 bridgehead atoms. The van der Waals surface area contributed by atoms with Gasteiger partial charge in [-0.25, -0.2) is 9.59 Å². The van der Waals surface area contributed by atoms with Crippen LogP contribution in [-0.2, 0) is 4.79 Å². The maximum Gasteiger partial charge on any atom is 0.326 e. The highest BCUT2D eigenvalue weighted by atomic mass is 79.9. The average molecular weight is 329 g/mol. The van der Waals surface area contributed by atoms with Crippen molar-refractivity contribution in [2.45, 2.75) is 32.7 Å². The Morgan fingerprint density at radius 1 is 1.42 bits per heavy atom. The highest BCUT2D eigenvalue weighted by Crippen LogP contribution is 2.23. The minimum absolute atomic E-state index is 0.401. The van der Waals surface area contributed by atoms with Crippen LogP contribution in [0.4, 0.5) is 10.5 Å². The number of hydrogen-bond donors (Lipinski definition) is 3. The third-order valence-corrected chi connectivity index (χ3v) is 3.24. The van der Waals surface area contributed by atoms with Crippen LogP contribution in [0.2, 0.25) is 0 Å². The molecule has 0 spiro atoms. The molecule has 0 aliphatic rings. The summed E-state index contributed by atoms with van der Waals surface area (Å²) in [6.45, 7) is 3.78. The van der Waals surface area contributed by atoms with E-state index >= 15 is 0 Å². The Morgan fingerprint density at radius 3 is 2.68 bits per heavy atom. The van der Waals surface area contributed by atoms with Crippen LogP contribution in [-0.4, -0.2) is 23.1 Å². The second-order valence-electron chi connectivity index (χ2n) is 4.26. The minimum Gasteiger partial charge on any atom is -0.480 e. The first-order valence-electron chi connectivity index (χ1n) is 6.00. The summed E-state index contributed by atoms with van der Waals surface area (Å²) in [5.41, 5.74) is 1.61. The van der Waals surface area contributed by atoms with Crippen molar-refractivity contribution in [3.63, 3.8) is 0 Å². The largest absolute Gasteiger partial charge is 0.480 e. The Kier molecular flexibility index (Phi) is 5.82. The zero-order valence-electron chi connectivity index (χ0n) is 10.9. The molecule has 0 aliphatic heterocycles. The molecule has 19 heavy (non-hydrogen) atoms. The summed E-state index contributed by atoms with van der Waals surface area (Å²) in [4.78, 5) is 22.7. The molecule has 0 aliphatic carbocycles. The molecule has 0 aromatic heterocycles. The van der Waals surface area contributed by atoms with Crippen molar-refractivity contribution in [1.29, 1.82) is 0 Å². The Hall–Kier alpha value is -1.56. The highest BCUT2D eigenvalue weighted by Gasteiger charge is 2.18. The Labute approximate surface area is 120 Å². The maximum atomic E-state index is 11.8. The summed E-state index contributed by atoms with van der Waals surface area (Å²) in [5, 5.41) is 14.0. The van der Waals surface area contributed by atoms with Crippen LogP contribution in [0.5, 0.6) is 0 Å². The summed E-state index contributed by atoms with van der Waals surface area (Å²) in [6.07, 6.45) is 1.09. The second kappa shape index (κ2) is 7.13. The van der Waals surface area contributed by atoms with Crippen molar-refractivity contribution >= 4 is 33.6 Å². The van der Waals surface area contributed by atoms with E-state index < -0.39 is 18.0 Å². The van der Waals surface area contributed by atoms with Gasteiger partial charge in [0.2, 0.25) is 0 Å². The van der Waals surface area contributed by atoms with Gasteiger partial charge in [-0.05, 0) is 47.0 Å². The van der Waals surface area contributed by atoms with Crippen molar-refractivity contribution in [3.05, 3.63) is 28.2 Å². The number of urea groups is 1. The minimum atomic E-state index is -1.03. The van der Waals surface area contributed by atoms with Crippen molar-refractivity contribution < 1.29 is 14.7 Å². The first-order chi connectivity index (χ1) is 8.93. The van der Waals surface area contributed by atoms with Gasteiger partial charge >= 0.3 is 12.0 Å². The lowest BCUT2D eigenvalue weighted by Gasteiger charge is -2.15. The SMILES string of the molecule is CCC[C@@H](NC(=O)Nc1cc(C)ccc1Br)C(=O)O. The average Bonchev–Trinajstić information content (AvgIpc) is 2.33. The van der Waals surface area contributed by atoms with Crippen LogP contribution in [0, 0.1) is 6.92 Å². The molecule has 0 fully saturated rings. The number of rotatable bonds is 5. The molecule has 1 aromatic carbocycles. The van der Waals surface area contributed by atoms with Gasteiger partial charge in [0.1, 0.15) is 6.04 Å². The van der Waals surface area contributed by atoms with Gasteiger partial charge in [0.05, 0.1) is 5.69 Å². The summed E-state index contributed by atoms with van der Waals surface area (Å²) >= 11 is 3.33. The number of carboxylic acids is 1. The fraction of sp³-hybridized carbons (Fsp3) is 0.385. The first-order valence-corrected chi connectivity index (χ1v) is 6.79. The predicted octanol–water partition coefficient (Wildman–Crippen LogP) is 3.13. The fourth-order valence-corrected chi connectivity index (χ4v) is 1.94. The van der Waals surface area contributed by atoms with Gasteiger partial charge < -0.3 is 15.7 Å². The molecule has 0 heterocycles. The van der Waals surface area contributed by atoms with E-state index in [1.807, 2.05) is 26.0 Å². The standard InChI is InChI=1S/C13H17BrN2O3/c1-3-4-10(12(17)18)15-13(19)16-11-7-8(2)5-6-9(11)14/h5-7,10H,3-4H2,1-2H3,(H,17,18)(H2,15,16,19)/t10-/m1/s1. The van der Waals surface area contributed by atoms with E-state index in [0.717, 1.165) is 10.0 Å². The number of amides is 2. The topological polar surface area (TPSA) is 78.4 Å². The summed E-state index contributed by atoms with van der Waals surface area (Å²) < 4.78 is 0.746. The monoisotopic (exact) mass is 328 g/mol. The van der Waals surface area contributed by atoms with Gasteiger partial charge in [-0.2, -0.15) is 0 Å². The summed E-state index contributed by atoms with van der Waals surface area (Å²) in [5.74, 6) is -1.03. The maximum absolute atomic E-state index is 11.8. The van der Waals surface area contributed by atoms with Gasteiger partial charge in [0, 0.05) is 4.47 Å². The van der Waals surface area contributed by atoms with Crippen LogP contribution in [0.3, 0.4) is 0 Å². The lowest BCUT2D eigenvalue weighted by Crippen LogP contribution is -2.42. The van der Waals surface area contributed by atoms with Gasteiger partial charge in [-0.15, -0.1) is 0 Å². The second-order valence-corrected chi connectivity index (χ2v) is 5.12. The quantitative estimate of drug-likeness (QED) is 0.776. The third-order valence-electron chi connectivity index (χ3n) is 2.55. The van der Waals surface area contributed by atoms with Crippen molar-refractivity contribution in [3.8, 4) is 0 Å². The van der Waals surface area contributed by atoms with Gasteiger partial charge in [0.15, 0.2) is 0 Å². The molecule has 0 radical (unpaired) electrons. The van der Waals surface area contributed by atoms with Crippen LogP contribution in [0.15, 0.2) is 22.7 Å². The molecule has 104 valence electrons. The Balaban J connectivity index is 2.68. The van der Waals surface area contributed by atoms with E-state index in [1.54, 1.807) is 6.07 Å². The Morgan fingerprint density at radius 2 is 2.11 bits per heavy atom. The molecular weight excluding hydrogens is 312 g/mol. The number of carbonyl (C=O) groups is 2. The number of nitrogens with one attached hydrogen (secondary N) is 2. The summed E-state index contributed by atoms with van der Waals surface area (Å²) in [7, 11) is 0. The van der Waals surface area contributed by atoms with Crippen molar-refractivity contribution in [2.24, 2.45) is 0 Å². The number of hydrogen-bond acceptors (Lipinski definition) is 2. The fourth-order valence-electron chi connectivity index (χ4n) is 1.60. The molecule has 1 aromatic rings. The van der Waals surface area contributed by atoms with Crippen molar-refractivity contribution in [2.75, 3.05) is 5.32 Å². The summed E-state index contributed by atoms with van der Waals surface area (Å²) in [6, 6.07) is 4.15. The van der Waals surface area contributed by atoms with E-state index in [2.05, 4.69) is 26.6 Å². The zero-order valence-corrected chi connectivity index (χ0v) is 12.5. The van der Waals surface area contributed by atoms with E-state index in [4.69, 9.17) is 5.11 Å². The zero-order chi connectivity index (χ0) is 14.4. The lowest BCUT2D eigenvalue weighted by molar-refractivity contribution is -0.139. The third kappa shape index (κ3) is 4.90. The molecule has 0 unspecified atom stereocenters. The van der Waals surface area contributed by atoms with E-state index in [9.17, 15) is 9.59 Å². The molecule has 6 heteroatoms.